The van der Waals surface area contributed by atoms with Gasteiger partial charge in [0.2, 0.25) is 5.91 Å². The fourth-order valence-corrected chi connectivity index (χ4v) is 3.24. The van der Waals surface area contributed by atoms with Crippen LogP contribution < -0.4 is 11.1 Å². The van der Waals surface area contributed by atoms with Crippen LogP contribution in [0.25, 0.3) is 0 Å². The summed E-state index contributed by atoms with van der Waals surface area (Å²) < 4.78 is 0. The monoisotopic (exact) mass is 250 g/mol. The van der Waals surface area contributed by atoms with Gasteiger partial charge in [-0.3, -0.25) is 4.79 Å². The molecule has 3 N–H and O–H groups in total. The molecule has 0 aromatic heterocycles. The normalized spacial score (nSPS) is 18.5. The number of hydrogen-bond acceptors (Lipinski definition) is 3. The molecule has 4 heteroatoms. The zero-order valence-corrected chi connectivity index (χ0v) is 10.6. The molecule has 1 aliphatic rings. The number of fused-ring (bicyclic) bond motifs is 1. The standard InChI is InChI=1S/C13H18N2OS/c14-7-3-8-15-13(16)12-11-5-2-1-4-10(11)6-9-17-12/h1-2,4-5,12H,3,6-9,14H2,(H,15,16). The molecule has 0 aliphatic carbocycles. The van der Waals surface area contributed by atoms with Crippen LogP contribution in [-0.4, -0.2) is 24.7 Å². The summed E-state index contributed by atoms with van der Waals surface area (Å²) in [6.07, 6.45) is 1.90. The lowest BCUT2D eigenvalue weighted by molar-refractivity contribution is -0.120. The number of rotatable bonds is 4. The summed E-state index contributed by atoms with van der Waals surface area (Å²) in [6, 6.07) is 8.23. The molecule has 2 rings (SSSR count). The van der Waals surface area contributed by atoms with Gasteiger partial charge >= 0.3 is 0 Å². The van der Waals surface area contributed by atoms with Crippen molar-refractivity contribution in [1.82, 2.24) is 5.32 Å². The summed E-state index contributed by atoms with van der Waals surface area (Å²) in [6.45, 7) is 1.29. The second-order valence-corrected chi connectivity index (χ2v) is 5.35. The number of nitrogens with one attached hydrogen (secondary N) is 1. The summed E-state index contributed by atoms with van der Waals surface area (Å²) in [4.78, 5) is 12.1. The third-order valence-corrected chi connectivity index (χ3v) is 4.15. The molecule has 0 fully saturated rings. The number of hydrogen-bond donors (Lipinski definition) is 2. The van der Waals surface area contributed by atoms with Crippen molar-refractivity contribution in [2.24, 2.45) is 5.73 Å². The number of amides is 1. The molecule has 3 nitrogen and oxygen atoms in total. The first kappa shape index (κ1) is 12.5. The van der Waals surface area contributed by atoms with Crippen molar-refractivity contribution in [2.45, 2.75) is 18.1 Å². The predicted octanol–water partition coefficient (Wildman–Crippen LogP) is 1.48. The number of aryl methyl sites for hydroxylation is 1. The predicted molar refractivity (Wildman–Crippen MR) is 72.0 cm³/mol. The molecule has 1 atom stereocenters. The minimum absolute atomic E-state index is 0.0438. The van der Waals surface area contributed by atoms with E-state index in [1.165, 1.54) is 11.1 Å². The third-order valence-electron chi connectivity index (χ3n) is 2.91. The van der Waals surface area contributed by atoms with Gasteiger partial charge in [-0.05, 0) is 36.3 Å². The maximum atomic E-state index is 12.1. The van der Waals surface area contributed by atoms with Crippen LogP contribution in [0.1, 0.15) is 22.8 Å². The molecule has 1 heterocycles. The number of benzene rings is 1. The lowest BCUT2D eigenvalue weighted by Gasteiger charge is -2.24. The maximum absolute atomic E-state index is 12.1. The molecular weight excluding hydrogens is 232 g/mol. The van der Waals surface area contributed by atoms with E-state index in [2.05, 4.69) is 17.4 Å². The van der Waals surface area contributed by atoms with E-state index >= 15 is 0 Å². The van der Waals surface area contributed by atoms with Crippen molar-refractivity contribution in [3.63, 3.8) is 0 Å². The summed E-state index contributed by atoms with van der Waals surface area (Å²) >= 11 is 1.73. The van der Waals surface area contributed by atoms with Gasteiger partial charge in [0.1, 0.15) is 5.25 Å². The van der Waals surface area contributed by atoms with Gasteiger partial charge < -0.3 is 11.1 Å². The van der Waals surface area contributed by atoms with E-state index in [9.17, 15) is 4.79 Å². The van der Waals surface area contributed by atoms with Crippen LogP contribution in [0.2, 0.25) is 0 Å². The molecule has 0 radical (unpaired) electrons. The topological polar surface area (TPSA) is 55.1 Å². The van der Waals surface area contributed by atoms with Gasteiger partial charge in [-0.15, -0.1) is 11.8 Å². The summed E-state index contributed by atoms with van der Waals surface area (Å²) in [7, 11) is 0. The SMILES string of the molecule is NCCCNC(=O)C1SCCc2ccccc21. The Morgan fingerprint density at radius 2 is 2.29 bits per heavy atom. The fraction of sp³-hybridized carbons (Fsp3) is 0.462. The van der Waals surface area contributed by atoms with Crippen LogP contribution in [0.3, 0.4) is 0 Å². The smallest absolute Gasteiger partial charge is 0.237 e. The number of carbonyl (C=O) groups is 1. The Bertz CT molecular complexity index is 395. The second kappa shape index (κ2) is 6.07. The molecule has 1 aliphatic heterocycles. The molecule has 1 unspecified atom stereocenters. The molecule has 0 saturated carbocycles. The first-order valence-electron chi connectivity index (χ1n) is 6.00. The van der Waals surface area contributed by atoms with Crippen LogP contribution in [0.5, 0.6) is 0 Å². The van der Waals surface area contributed by atoms with Crippen molar-refractivity contribution >= 4 is 17.7 Å². The van der Waals surface area contributed by atoms with Crippen LogP contribution >= 0.6 is 11.8 Å². The Morgan fingerprint density at radius 3 is 3.12 bits per heavy atom. The highest BCUT2D eigenvalue weighted by molar-refractivity contribution is 8.00. The highest BCUT2D eigenvalue weighted by atomic mass is 32.2. The highest BCUT2D eigenvalue weighted by Crippen LogP contribution is 2.36. The Labute approximate surface area is 106 Å². The molecule has 92 valence electrons. The van der Waals surface area contributed by atoms with Crippen molar-refractivity contribution in [1.29, 1.82) is 0 Å². The van der Waals surface area contributed by atoms with Crippen molar-refractivity contribution in [2.75, 3.05) is 18.8 Å². The molecular formula is C13H18N2OS. The lowest BCUT2D eigenvalue weighted by atomic mass is 10.0. The van der Waals surface area contributed by atoms with Crippen molar-refractivity contribution in [3.05, 3.63) is 35.4 Å². The van der Waals surface area contributed by atoms with Crippen LogP contribution in [0.15, 0.2) is 24.3 Å². The van der Waals surface area contributed by atoms with Gasteiger partial charge in [0.25, 0.3) is 0 Å². The van der Waals surface area contributed by atoms with Gasteiger partial charge in [0.15, 0.2) is 0 Å². The Kier molecular flexibility index (Phi) is 4.45. The Morgan fingerprint density at radius 1 is 1.47 bits per heavy atom. The van der Waals surface area contributed by atoms with Crippen LogP contribution in [-0.2, 0) is 11.2 Å². The van der Waals surface area contributed by atoms with Gasteiger partial charge in [0.05, 0.1) is 0 Å². The second-order valence-electron chi connectivity index (χ2n) is 4.13. The van der Waals surface area contributed by atoms with E-state index in [1.807, 2.05) is 12.1 Å². The molecule has 1 aromatic rings. The maximum Gasteiger partial charge on any atom is 0.237 e. The van der Waals surface area contributed by atoms with Crippen molar-refractivity contribution < 1.29 is 4.79 Å². The average molecular weight is 250 g/mol. The summed E-state index contributed by atoms with van der Waals surface area (Å²) in [5.41, 5.74) is 7.90. The Hall–Kier alpha value is -1.00. The number of thioether (sulfide) groups is 1. The zero-order chi connectivity index (χ0) is 12.1. The van der Waals surface area contributed by atoms with E-state index < -0.39 is 0 Å². The highest BCUT2D eigenvalue weighted by Gasteiger charge is 2.26. The molecule has 0 bridgehead atoms. The fourth-order valence-electron chi connectivity index (χ4n) is 2.02. The van der Waals surface area contributed by atoms with Gasteiger partial charge in [0, 0.05) is 6.54 Å². The molecule has 17 heavy (non-hydrogen) atoms. The molecule has 0 spiro atoms. The number of nitrogens with two attached hydrogens (primary N) is 1. The van der Waals surface area contributed by atoms with Gasteiger partial charge in [-0.2, -0.15) is 0 Å². The molecule has 1 amide bonds. The average Bonchev–Trinajstić information content (AvgIpc) is 2.38. The zero-order valence-electron chi connectivity index (χ0n) is 9.82. The minimum atomic E-state index is -0.0438. The first-order valence-corrected chi connectivity index (χ1v) is 7.05. The van der Waals surface area contributed by atoms with E-state index in [0.717, 1.165) is 18.6 Å². The lowest BCUT2D eigenvalue weighted by Crippen LogP contribution is -2.31. The molecule has 0 saturated heterocycles. The van der Waals surface area contributed by atoms with Crippen LogP contribution in [0.4, 0.5) is 0 Å². The van der Waals surface area contributed by atoms with E-state index in [4.69, 9.17) is 5.73 Å². The third kappa shape index (κ3) is 3.01. The number of carbonyl (C=O) groups excluding carboxylic acids is 1. The Balaban J connectivity index is 2.05. The van der Waals surface area contributed by atoms with Gasteiger partial charge in [-0.25, -0.2) is 0 Å². The minimum Gasteiger partial charge on any atom is -0.355 e. The summed E-state index contributed by atoms with van der Waals surface area (Å²) in [5.74, 6) is 1.14. The van der Waals surface area contributed by atoms with Crippen LogP contribution in [0, 0.1) is 0 Å². The van der Waals surface area contributed by atoms with E-state index in [0.29, 0.717) is 13.1 Å². The quantitative estimate of drug-likeness (QED) is 0.796. The first-order chi connectivity index (χ1) is 8.33. The van der Waals surface area contributed by atoms with E-state index in [-0.39, 0.29) is 11.2 Å². The van der Waals surface area contributed by atoms with E-state index in [1.54, 1.807) is 11.8 Å². The molecule has 1 aromatic carbocycles. The van der Waals surface area contributed by atoms with Crippen molar-refractivity contribution in [3.8, 4) is 0 Å². The van der Waals surface area contributed by atoms with Gasteiger partial charge in [-0.1, -0.05) is 24.3 Å². The summed E-state index contributed by atoms with van der Waals surface area (Å²) in [5, 5.41) is 2.91. The largest absolute Gasteiger partial charge is 0.355 e.